The van der Waals surface area contributed by atoms with Gasteiger partial charge >= 0.3 is 0 Å². The molecule has 0 saturated carbocycles. The third kappa shape index (κ3) is 3.63. The Morgan fingerprint density at radius 1 is 1.40 bits per heavy atom. The van der Waals surface area contributed by atoms with Crippen molar-refractivity contribution >= 4 is 0 Å². The normalized spacial score (nSPS) is 12.8. The summed E-state index contributed by atoms with van der Waals surface area (Å²) >= 11 is 0. The third-order valence-electron chi connectivity index (χ3n) is 3.65. The molecule has 0 amide bonds. The number of nitrogens with zero attached hydrogens (tertiary/aromatic N) is 4. The van der Waals surface area contributed by atoms with Crippen LogP contribution in [0.3, 0.4) is 0 Å². The Morgan fingerprint density at radius 2 is 2.20 bits per heavy atom. The molecule has 2 aromatic rings. The maximum absolute atomic E-state index is 4.46. The number of aryl methyl sites for hydroxylation is 2. The fourth-order valence-electron chi connectivity index (χ4n) is 2.12. The Hall–Kier alpha value is -1.75. The topological polar surface area (TPSA) is 57.7 Å². The smallest absolute Gasteiger partial charge is 0.150 e. The second kappa shape index (κ2) is 6.61. The second-order valence-corrected chi connectivity index (χ2v) is 5.29. The summed E-state index contributed by atoms with van der Waals surface area (Å²) in [4.78, 5) is 11.2. The molecule has 0 spiro atoms. The predicted molar refractivity (Wildman–Crippen MR) is 79.4 cm³/mol. The summed E-state index contributed by atoms with van der Waals surface area (Å²) in [6, 6.07) is 4.49. The van der Waals surface area contributed by atoms with Crippen LogP contribution in [0.15, 0.2) is 18.3 Å². The van der Waals surface area contributed by atoms with E-state index in [-0.39, 0.29) is 0 Å². The number of likely N-dealkylation sites (N-methyl/N-ethyl adjacent to an activating group) is 1. The number of hydrogen-bond donors (Lipinski definition) is 1. The lowest BCUT2D eigenvalue weighted by molar-refractivity contribution is 0.241. The standard InChI is InChI=1S/C15H23N5/c1-5-14-17-15(19-18-14)10-20(4)12(3)9-13-11(2)7-6-8-16-13/h6-8,12H,5,9-10H2,1-4H3,(H,17,18,19)/t12-/m1/s1. The fraction of sp³-hybridized carbons (Fsp3) is 0.533. The van der Waals surface area contributed by atoms with Crippen molar-refractivity contribution < 1.29 is 0 Å². The van der Waals surface area contributed by atoms with Gasteiger partial charge in [-0.3, -0.25) is 15.0 Å². The van der Waals surface area contributed by atoms with Crippen molar-refractivity contribution in [2.75, 3.05) is 7.05 Å². The van der Waals surface area contributed by atoms with Crippen LogP contribution in [-0.4, -0.2) is 38.2 Å². The van der Waals surface area contributed by atoms with Gasteiger partial charge in [0.05, 0.1) is 6.54 Å². The predicted octanol–water partition coefficient (Wildman–Crippen LogP) is 2.13. The number of rotatable bonds is 6. The Bertz CT molecular complexity index is 549. The van der Waals surface area contributed by atoms with Gasteiger partial charge in [-0.15, -0.1) is 0 Å². The number of aromatic amines is 1. The van der Waals surface area contributed by atoms with Gasteiger partial charge in [0.2, 0.25) is 0 Å². The Morgan fingerprint density at radius 3 is 2.85 bits per heavy atom. The molecule has 1 N–H and O–H groups in total. The summed E-state index contributed by atoms with van der Waals surface area (Å²) in [6.45, 7) is 7.16. The molecule has 0 saturated heterocycles. The summed E-state index contributed by atoms with van der Waals surface area (Å²) in [6.07, 6.45) is 3.67. The number of nitrogens with one attached hydrogen (secondary N) is 1. The van der Waals surface area contributed by atoms with Gasteiger partial charge in [0.25, 0.3) is 0 Å². The van der Waals surface area contributed by atoms with E-state index in [1.165, 1.54) is 11.3 Å². The summed E-state index contributed by atoms with van der Waals surface area (Å²) in [7, 11) is 2.11. The van der Waals surface area contributed by atoms with Gasteiger partial charge in [-0.2, -0.15) is 5.10 Å². The molecule has 0 unspecified atom stereocenters. The maximum atomic E-state index is 4.46. The summed E-state index contributed by atoms with van der Waals surface area (Å²) in [5, 5.41) is 7.17. The second-order valence-electron chi connectivity index (χ2n) is 5.29. The van der Waals surface area contributed by atoms with Gasteiger partial charge in [-0.05, 0) is 32.5 Å². The molecule has 0 aliphatic carbocycles. The van der Waals surface area contributed by atoms with Crippen LogP contribution in [0.5, 0.6) is 0 Å². The number of pyridine rings is 1. The molecule has 5 heteroatoms. The summed E-state index contributed by atoms with van der Waals surface area (Å²) in [5.41, 5.74) is 2.42. The van der Waals surface area contributed by atoms with Crippen LogP contribution in [0, 0.1) is 6.92 Å². The van der Waals surface area contributed by atoms with Crippen LogP contribution in [0.25, 0.3) is 0 Å². The van der Waals surface area contributed by atoms with Gasteiger partial charge in [0, 0.05) is 30.8 Å². The van der Waals surface area contributed by atoms with E-state index in [0.29, 0.717) is 6.04 Å². The van der Waals surface area contributed by atoms with Crippen molar-refractivity contribution in [1.29, 1.82) is 0 Å². The maximum Gasteiger partial charge on any atom is 0.150 e. The van der Waals surface area contributed by atoms with E-state index >= 15 is 0 Å². The van der Waals surface area contributed by atoms with Crippen molar-refractivity contribution in [1.82, 2.24) is 25.1 Å². The number of aromatic nitrogens is 4. The molecular weight excluding hydrogens is 250 g/mol. The van der Waals surface area contributed by atoms with Crippen molar-refractivity contribution in [3.8, 4) is 0 Å². The van der Waals surface area contributed by atoms with E-state index in [1.807, 2.05) is 12.3 Å². The fourth-order valence-corrected chi connectivity index (χ4v) is 2.12. The molecular formula is C15H23N5. The lowest BCUT2D eigenvalue weighted by atomic mass is 10.1. The minimum Gasteiger partial charge on any atom is -0.296 e. The Balaban J connectivity index is 1.95. The zero-order valence-corrected chi connectivity index (χ0v) is 12.7. The molecule has 0 bridgehead atoms. The van der Waals surface area contributed by atoms with Gasteiger partial charge < -0.3 is 0 Å². The first kappa shape index (κ1) is 14.7. The first-order valence-corrected chi connectivity index (χ1v) is 7.11. The molecule has 2 rings (SSSR count). The van der Waals surface area contributed by atoms with Gasteiger partial charge in [0.1, 0.15) is 11.6 Å². The van der Waals surface area contributed by atoms with E-state index in [0.717, 1.165) is 31.0 Å². The highest BCUT2D eigenvalue weighted by Crippen LogP contribution is 2.11. The van der Waals surface area contributed by atoms with Crippen LogP contribution in [0.2, 0.25) is 0 Å². The van der Waals surface area contributed by atoms with Gasteiger partial charge in [-0.25, -0.2) is 4.98 Å². The highest BCUT2D eigenvalue weighted by Gasteiger charge is 2.14. The number of H-pyrrole nitrogens is 1. The molecule has 0 radical (unpaired) electrons. The van der Waals surface area contributed by atoms with Gasteiger partial charge in [0.15, 0.2) is 0 Å². The van der Waals surface area contributed by atoms with Gasteiger partial charge in [-0.1, -0.05) is 13.0 Å². The summed E-state index contributed by atoms with van der Waals surface area (Å²) < 4.78 is 0. The molecule has 0 aromatic carbocycles. The van der Waals surface area contributed by atoms with E-state index in [1.54, 1.807) is 0 Å². The first-order valence-electron chi connectivity index (χ1n) is 7.11. The zero-order chi connectivity index (χ0) is 14.5. The Labute approximate surface area is 120 Å². The van der Waals surface area contributed by atoms with Crippen molar-refractivity contribution in [3.63, 3.8) is 0 Å². The zero-order valence-electron chi connectivity index (χ0n) is 12.7. The minimum absolute atomic E-state index is 0.402. The van der Waals surface area contributed by atoms with E-state index < -0.39 is 0 Å². The number of hydrogen-bond acceptors (Lipinski definition) is 4. The lowest BCUT2D eigenvalue weighted by Crippen LogP contribution is -2.31. The highest BCUT2D eigenvalue weighted by atomic mass is 15.2. The van der Waals surface area contributed by atoms with E-state index in [9.17, 15) is 0 Å². The van der Waals surface area contributed by atoms with Crippen molar-refractivity contribution in [2.45, 2.75) is 46.2 Å². The van der Waals surface area contributed by atoms with Crippen LogP contribution >= 0.6 is 0 Å². The molecule has 1 atom stereocenters. The van der Waals surface area contributed by atoms with Crippen molar-refractivity contribution in [2.24, 2.45) is 0 Å². The third-order valence-corrected chi connectivity index (χ3v) is 3.65. The molecule has 5 nitrogen and oxygen atoms in total. The average molecular weight is 273 g/mol. The first-order chi connectivity index (χ1) is 9.60. The molecule has 20 heavy (non-hydrogen) atoms. The molecule has 0 fully saturated rings. The lowest BCUT2D eigenvalue weighted by Gasteiger charge is -2.23. The summed E-state index contributed by atoms with van der Waals surface area (Å²) in [5.74, 6) is 1.80. The quantitative estimate of drug-likeness (QED) is 0.876. The minimum atomic E-state index is 0.402. The average Bonchev–Trinajstić information content (AvgIpc) is 2.89. The molecule has 2 aromatic heterocycles. The monoisotopic (exact) mass is 273 g/mol. The van der Waals surface area contributed by atoms with Crippen LogP contribution in [0.1, 0.15) is 36.8 Å². The van der Waals surface area contributed by atoms with E-state index in [4.69, 9.17) is 0 Å². The molecule has 0 aliphatic heterocycles. The highest BCUT2D eigenvalue weighted by molar-refractivity contribution is 5.18. The Kier molecular flexibility index (Phi) is 4.84. The molecule has 0 aliphatic rings. The largest absolute Gasteiger partial charge is 0.296 e. The van der Waals surface area contributed by atoms with Crippen LogP contribution in [-0.2, 0) is 19.4 Å². The van der Waals surface area contributed by atoms with Crippen LogP contribution < -0.4 is 0 Å². The van der Waals surface area contributed by atoms with Crippen LogP contribution in [0.4, 0.5) is 0 Å². The van der Waals surface area contributed by atoms with E-state index in [2.05, 4.69) is 59.0 Å². The van der Waals surface area contributed by atoms with Crippen molar-refractivity contribution in [3.05, 3.63) is 41.2 Å². The molecule has 108 valence electrons. The SMILES string of the molecule is CCc1n[nH]c(CN(C)[C@H](C)Cc2ncccc2C)n1. The molecule has 2 heterocycles.